The first-order chi connectivity index (χ1) is 8.27. The topological polar surface area (TPSA) is 50.2 Å². The zero-order valence-electron chi connectivity index (χ0n) is 10.5. The summed E-state index contributed by atoms with van der Waals surface area (Å²) in [6.07, 6.45) is 5.86. The van der Waals surface area contributed by atoms with Crippen LogP contribution in [-0.2, 0) is 11.8 Å². The van der Waals surface area contributed by atoms with Gasteiger partial charge in [-0.3, -0.25) is 4.79 Å². The summed E-state index contributed by atoms with van der Waals surface area (Å²) in [7, 11) is 1.98. The maximum Gasteiger partial charge on any atom is 0.226 e. The zero-order chi connectivity index (χ0) is 11.8. The fourth-order valence-corrected chi connectivity index (χ4v) is 2.46. The largest absolute Gasteiger partial charge is 0.336 e. The molecular weight excluding hydrogens is 252 g/mol. The normalized spacial score (nSPS) is 23.6. The van der Waals surface area contributed by atoms with Crippen LogP contribution < -0.4 is 5.32 Å². The van der Waals surface area contributed by atoms with Gasteiger partial charge in [0.25, 0.3) is 0 Å². The van der Waals surface area contributed by atoms with E-state index < -0.39 is 0 Å². The highest BCUT2D eigenvalue weighted by Gasteiger charge is 2.38. The van der Waals surface area contributed by atoms with Crippen LogP contribution in [0.25, 0.3) is 0 Å². The fraction of sp³-hybridized carbons (Fsp3) is 0.667. The molecule has 1 saturated carbocycles. The molecule has 2 aliphatic rings. The summed E-state index contributed by atoms with van der Waals surface area (Å²) < 4.78 is 2.00. The first-order valence-corrected chi connectivity index (χ1v) is 6.26. The Bertz CT molecular complexity index is 429. The van der Waals surface area contributed by atoms with Crippen molar-refractivity contribution in [3.8, 4) is 0 Å². The lowest BCUT2D eigenvalue weighted by atomic mass is 10.1. The van der Waals surface area contributed by atoms with Gasteiger partial charge in [0, 0.05) is 45.0 Å². The van der Waals surface area contributed by atoms with Gasteiger partial charge >= 0.3 is 0 Å². The Labute approximate surface area is 113 Å². The van der Waals surface area contributed by atoms with Crippen molar-refractivity contribution in [2.24, 2.45) is 13.0 Å². The molecule has 5 nitrogen and oxygen atoms in total. The predicted octanol–water partition coefficient (Wildman–Crippen LogP) is 0.725. The summed E-state index contributed by atoms with van der Waals surface area (Å²) in [5.74, 6) is 1.58. The second-order valence-corrected chi connectivity index (χ2v) is 4.92. The zero-order valence-corrected chi connectivity index (χ0v) is 11.3. The number of hydrogen-bond acceptors (Lipinski definition) is 3. The molecule has 1 unspecified atom stereocenters. The Kier molecular flexibility index (Phi) is 3.92. The lowest BCUT2D eigenvalue weighted by molar-refractivity contribution is -0.136. The minimum absolute atomic E-state index is 0. The van der Waals surface area contributed by atoms with E-state index in [9.17, 15) is 4.79 Å². The van der Waals surface area contributed by atoms with Crippen molar-refractivity contribution < 1.29 is 4.79 Å². The molecule has 1 amide bonds. The second-order valence-electron chi connectivity index (χ2n) is 4.92. The molecule has 100 valence electrons. The van der Waals surface area contributed by atoms with Crippen molar-refractivity contribution in [1.82, 2.24) is 19.8 Å². The fourth-order valence-electron chi connectivity index (χ4n) is 2.46. The van der Waals surface area contributed by atoms with Crippen molar-refractivity contribution in [2.45, 2.75) is 18.9 Å². The lowest BCUT2D eigenvalue weighted by Crippen LogP contribution is -2.49. The molecule has 18 heavy (non-hydrogen) atoms. The molecular formula is C12H19ClN4O. The van der Waals surface area contributed by atoms with Crippen LogP contribution in [0.2, 0.25) is 0 Å². The lowest BCUT2D eigenvalue weighted by Gasteiger charge is -2.35. The molecule has 1 saturated heterocycles. The van der Waals surface area contributed by atoms with Crippen molar-refractivity contribution in [1.29, 1.82) is 0 Å². The number of nitrogens with zero attached hydrogens (tertiary/aromatic N) is 3. The molecule has 2 fully saturated rings. The number of carbonyl (C=O) groups excluding carboxylic acids is 1. The van der Waals surface area contributed by atoms with E-state index in [4.69, 9.17) is 0 Å². The summed E-state index contributed by atoms with van der Waals surface area (Å²) in [6, 6.07) is 0.0943. The van der Waals surface area contributed by atoms with E-state index >= 15 is 0 Å². The van der Waals surface area contributed by atoms with E-state index in [0.29, 0.717) is 5.91 Å². The third kappa shape index (κ3) is 2.37. The van der Waals surface area contributed by atoms with Gasteiger partial charge in [-0.15, -0.1) is 12.4 Å². The molecule has 1 aromatic rings. The number of amides is 1. The van der Waals surface area contributed by atoms with E-state index in [1.807, 2.05) is 22.7 Å². The second kappa shape index (κ2) is 5.28. The summed E-state index contributed by atoms with van der Waals surface area (Å²) >= 11 is 0. The van der Waals surface area contributed by atoms with Crippen molar-refractivity contribution >= 4 is 18.3 Å². The van der Waals surface area contributed by atoms with Crippen molar-refractivity contribution in [3.63, 3.8) is 0 Å². The average molecular weight is 271 g/mol. The summed E-state index contributed by atoms with van der Waals surface area (Å²) in [5.41, 5.74) is 0. The quantitative estimate of drug-likeness (QED) is 0.862. The molecule has 1 aromatic heterocycles. The van der Waals surface area contributed by atoms with Crippen LogP contribution in [0.1, 0.15) is 24.7 Å². The van der Waals surface area contributed by atoms with Gasteiger partial charge in [0.05, 0.1) is 0 Å². The van der Waals surface area contributed by atoms with Gasteiger partial charge < -0.3 is 14.8 Å². The van der Waals surface area contributed by atoms with Gasteiger partial charge in [-0.05, 0) is 12.8 Å². The third-order valence-electron chi connectivity index (χ3n) is 3.61. The molecule has 3 rings (SSSR count). The number of imidazole rings is 1. The monoisotopic (exact) mass is 270 g/mol. The number of nitrogens with one attached hydrogen (secondary N) is 1. The highest BCUT2D eigenvalue weighted by atomic mass is 35.5. The Balaban J connectivity index is 0.00000120. The van der Waals surface area contributed by atoms with Crippen LogP contribution in [0.4, 0.5) is 0 Å². The molecule has 0 spiro atoms. The molecule has 1 atom stereocenters. The molecule has 2 heterocycles. The minimum Gasteiger partial charge on any atom is -0.336 e. The molecule has 0 bridgehead atoms. The number of hydrogen-bond donors (Lipinski definition) is 1. The average Bonchev–Trinajstić information content (AvgIpc) is 3.11. The van der Waals surface area contributed by atoms with E-state index in [1.54, 1.807) is 6.20 Å². The standard InChI is InChI=1S/C12H18N4O.ClH/c1-15-6-5-14-11(15)10-8-13-4-7-16(10)12(17)9-2-3-9;/h5-6,9-10,13H,2-4,7-8H2,1H3;1H. The van der Waals surface area contributed by atoms with Crippen LogP contribution in [-0.4, -0.2) is 40.0 Å². The smallest absolute Gasteiger partial charge is 0.226 e. The summed E-state index contributed by atoms with van der Waals surface area (Å²) in [4.78, 5) is 18.6. The third-order valence-corrected chi connectivity index (χ3v) is 3.61. The van der Waals surface area contributed by atoms with Gasteiger partial charge in [0.2, 0.25) is 5.91 Å². The van der Waals surface area contributed by atoms with E-state index in [-0.39, 0.29) is 24.4 Å². The Morgan fingerprint density at radius 1 is 1.50 bits per heavy atom. The van der Waals surface area contributed by atoms with Crippen molar-refractivity contribution in [2.75, 3.05) is 19.6 Å². The Hall–Kier alpha value is -1.07. The Morgan fingerprint density at radius 2 is 2.28 bits per heavy atom. The van der Waals surface area contributed by atoms with Gasteiger partial charge in [-0.1, -0.05) is 0 Å². The maximum atomic E-state index is 12.2. The number of rotatable bonds is 2. The van der Waals surface area contributed by atoms with Crippen LogP contribution in [0.15, 0.2) is 12.4 Å². The number of halogens is 1. The van der Waals surface area contributed by atoms with Crippen LogP contribution in [0.5, 0.6) is 0 Å². The summed E-state index contributed by atoms with van der Waals surface area (Å²) in [6.45, 7) is 2.50. The highest BCUT2D eigenvalue weighted by Crippen LogP contribution is 2.34. The molecule has 1 aliphatic carbocycles. The van der Waals surface area contributed by atoms with E-state index in [0.717, 1.165) is 38.3 Å². The number of aryl methyl sites for hydroxylation is 1. The maximum absolute atomic E-state index is 12.2. The molecule has 1 aliphatic heterocycles. The number of carbonyl (C=O) groups is 1. The Morgan fingerprint density at radius 3 is 2.89 bits per heavy atom. The molecule has 0 radical (unpaired) electrons. The number of aromatic nitrogens is 2. The van der Waals surface area contributed by atoms with Gasteiger partial charge in [-0.25, -0.2) is 4.98 Å². The van der Waals surface area contributed by atoms with Gasteiger partial charge in [0.15, 0.2) is 0 Å². The molecule has 1 N–H and O–H groups in total. The first kappa shape index (κ1) is 13.4. The van der Waals surface area contributed by atoms with Gasteiger partial charge in [0.1, 0.15) is 11.9 Å². The van der Waals surface area contributed by atoms with E-state index in [1.165, 1.54) is 0 Å². The highest BCUT2D eigenvalue weighted by molar-refractivity contribution is 5.85. The number of piperazine rings is 1. The van der Waals surface area contributed by atoms with Crippen LogP contribution >= 0.6 is 12.4 Å². The summed E-state index contributed by atoms with van der Waals surface area (Å²) in [5, 5.41) is 3.35. The van der Waals surface area contributed by atoms with E-state index in [2.05, 4.69) is 10.3 Å². The predicted molar refractivity (Wildman–Crippen MR) is 70.5 cm³/mol. The SMILES string of the molecule is Cl.Cn1ccnc1C1CNCCN1C(=O)C1CC1. The minimum atomic E-state index is 0. The van der Waals surface area contributed by atoms with Crippen LogP contribution in [0, 0.1) is 5.92 Å². The first-order valence-electron chi connectivity index (χ1n) is 6.26. The van der Waals surface area contributed by atoms with Crippen molar-refractivity contribution in [3.05, 3.63) is 18.2 Å². The van der Waals surface area contributed by atoms with Crippen LogP contribution in [0.3, 0.4) is 0 Å². The molecule has 6 heteroatoms. The molecule has 0 aromatic carbocycles. The van der Waals surface area contributed by atoms with Gasteiger partial charge in [-0.2, -0.15) is 0 Å².